The Morgan fingerprint density at radius 3 is 2.64 bits per heavy atom. The average Bonchev–Trinajstić information content (AvgIpc) is 2.94. The van der Waals surface area contributed by atoms with Gasteiger partial charge in [-0.15, -0.1) is 11.3 Å². The summed E-state index contributed by atoms with van der Waals surface area (Å²) in [4.78, 5) is 0.931. The second kappa shape index (κ2) is 6.78. The smallest absolute Gasteiger partial charge is 0.252 e. The Labute approximate surface area is 134 Å². The second-order valence-electron chi connectivity index (χ2n) is 4.94. The third kappa shape index (κ3) is 3.67. The minimum Gasteiger partial charge on any atom is -0.497 e. The molecule has 1 heterocycles. The normalized spacial score (nSPS) is 13.3. The molecule has 1 aromatic heterocycles. The van der Waals surface area contributed by atoms with Gasteiger partial charge in [-0.25, -0.2) is 8.42 Å². The van der Waals surface area contributed by atoms with Gasteiger partial charge in [0.1, 0.15) is 9.96 Å². The van der Waals surface area contributed by atoms with Gasteiger partial charge in [0, 0.05) is 18.5 Å². The number of nitrogens with zero attached hydrogens (tertiary/aromatic N) is 1. The minimum absolute atomic E-state index is 0.0214. The number of methoxy groups -OCH3 is 1. The van der Waals surface area contributed by atoms with Gasteiger partial charge in [-0.3, -0.25) is 0 Å². The molecule has 1 aromatic carbocycles. The summed E-state index contributed by atoms with van der Waals surface area (Å²) in [6.45, 7) is 1.83. The highest BCUT2D eigenvalue weighted by atomic mass is 32.2. The van der Waals surface area contributed by atoms with Gasteiger partial charge in [-0.05, 0) is 36.8 Å². The predicted octanol–water partition coefficient (Wildman–Crippen LogP) is 2.42. The molecule has 5 nitrogen and oxygen atoms in total. The zero-order valence-corrected chi connectivity index (χ0v) is 14.3. The lowest BCUT2D eigenvalue weighted by Crippen LogP contribution is -2.30. The van der Waals surface area contributed by atoms with Crippen LogP contribution in [0.15, 0.2) is 40.6 Å². The molecule has 0 aliphatic carbocycles. The Hall–Kier alpha value is -1.41. The Bertz CT molecular complexity index is 740. The molecule has 0 amide bonds. The van der Waals surface area contributed by atoms with Crippen LogP contribution in [0.3, 0.4) is 0 Å². The number of ether oxygens (including phenoxy) is 1. The van der Waals surface area contributed by atoms with Crippen LogP contribution in [0.2, 0.25) is 0 Å². The highest BCUT2D eigenvalue weighted by Crippen LogP contribution is 2.26. The van der Waals surface area contributed by atoms with Crippen molar-refractivity contribution in [1.29, 1.82) is 0 Å². The molecule has 0 saturated heterocycles. The van der Waals surface area contributed by atoms with Gasteiger partial charge in [-0.1, -0.05) is 12.1 Å². The molecule has 7 heteroatoms. The predicted molar refractivity (Wildman–Crippen MR) is 86.8 cm³/mol. The van der Waals surface area contributed by atoms with E-state index in [2.05, 4.69) is 0 Å². The third-order valence-corrected chi connectivity index (χ3v) is 6.58. The monoisotopic (exact) mass is 341 g/mol. The summed E-state index contributed by atoms with van der Waals surface area (Å²) in [5.41, 5.74) is 0.615. The van der Waals surface area contributed by atoms with E-state index < -0.39 is 16.1 Å². The standard InChI is InChI=1S/C15H19NO4S2/c1-11-7-8-15(21-11)22(18,19)16(2)10-14(17)12-5-4-6-13(9-12)20-3/h4-9,14,17H,10H2,1-3H3. The van der Waals surface area contributed by atoms with E-state index in [0.29, 0.717) is 11.3 Å². The lowest BCUT2D eigenvalue weighted by molar-refractivity contribution is 0.154. The fourth-order valence-corrected chi connectivity index (χ4v) is 4.67. The average molecular weight is 341 g/mol. The van der Waals surface area contributed by atoms with Crippen molar-refractivity contribution in [2.45, 2.75) is 17.2 Å². The summed E-state index contributed by atoms with van der Waals surface area (Å²) in [6, 6.07) is 10.3. The molecule has 1 unspecified atom stereocenters. The highest BCUT2D eigenvalue weighted by Gasteiger charge is 2.25. The number of aliphatic hydroxyl groups excluding tert-OH is 1. The zero-order valence-electron chi connectivity index (χ0n) is 12.7. The molecule has 0 saturated carbocycles. The van der Waals surface area contributed by atoms with Crippen molar-refractivity contribution in [3.05, 3.63) is 46.8 Å². The van der Waals surface area contributed by atoms with E-state index in [1.54, 1.807) is 43.5 Å². The molecule has 0 bridgehead atoms. The maximum absolute atomic E-state index is 12.4. The van der Waals surface area contributed by atoms with Gasteiger partial charge in [-0.2, -0.15) is 4.31 Å². The summed E-state index contributed by atoms with van der Waals surface area (Å²) in [5, 5.41) is 10.3. The lowest BCUT2D eigenvalue weighted by Gasteiger charge is -2.20. The van der Waals surface area contributed by atoms with Crippen LogP contribution in [-0.4, -0.2) is 38.5 Å². The summed E-state index contributed by atoms with van der Waals surface area (Å²) >= 11 is 1.22. The molecule has 0 aliphatic rings. The van der Waals surface area contributed by atoms with Crippen LogP contribution in [0.25, 0.3) is 0 Å². The molecule has 1 N–H and O–H groups in total. The molecule has 2 aromatic rings. The number of aliphatic hydroxyl groups is 1. The van der Waals surface area contributed by atoms with Crippen molar-refractivity contribution in [3.8, 4) is 5.75 Å². The highest BCUT2D eigenvalue weighted by molar-refractivity contribution is 7.91. The number of benzene rings is 1. The van der Waals surface area contributed by atoms with Gasteiger partial charge in [0.15, 0.2) is 0 Å². The van der Waals surface area contributed by atoms with Crippen molar-refractivity contribution in [2.75, 3.05) is 20.7 Å². The Kier molecular flexibility index (Phi) is 5.23. The maximum atomic E-state index is 12.4. The molecule has 0 aliphatic heterocycles. The van der Waals surface area contributed by atoms with E-state index in [1.807, 2.05) is 6.92 Å². The number of hydrogen-bond acceptors (Lipinski definition) is 5. The van der Waals surface area contributed by atoms with E-state index in [0.717, 1.165) is 4.88 Å². The second-order valence-corrected chi connectivity index (χ2v) is 8.50. The number of thiophene rings is 1. The van der Waals surface area contributed by atoms with Gasteiger partial charge in [0.05, 0.1) is 13.2 Å². The molecule has 0 spiro atoms. The molecule has 1 atom stereocenters. The van der Waals surface area contributed by atoms with Crippen molar-refractivity contribution in [3.63, 3.8) is 0 Å². The number of aryl methyl sites for hydroxylation is 1. The van der Waals surface area contributed by atoms with Crippen LogP contribution in [0.1, 0.15) is 16.5 Å². The summed E-state index contributed by atoms with van der Waals surface area (Å²) in [6.07, 6.45) is -0.920. The Morgan fingerprint density at radius 1 is 1.32 bits per heavy atom. The number of hydrogen-bond donors (Lipinski definition) is 1. The number of likely N-dealkylation sites (N-methyl/N-ethyl adjacent to an activating group) is 1. The van der Waals surface area contributed by atoms with Crippen LogP contribution >= 0.6 is 11.3 Å². The Morgan fingerprint density at radius 2 is 2.05 bits per heavy atom. The zero-order chi connectivity index (χ0) is 16.3. The molecule has 120 valence electrons. The van der Waals surface area contributed by atoms with E-state index in [9.17, 15) is 13.5 Å². The lowest BCUT2D eigenvalue weighted by atomic mass is 10.1. The molecule has 22 heavy (non-hydrogen) atoms. The van der Waals surface area contributed by atoms with Crippen molar-refractivity contribution < 1.29 is 18.3 Å². The quantitative estimate of drug-likeness (QED) is 0.876. The number of sulfonamides is 1. The maximum Gasteiger partial charge on any atom is 0.252 e. The Balaban J connectivity index is 2.15. The van der Waals surface area contributed by atoms with E-state index in [-0.39, 0.29) is 10.8 Å². The third-order valence-electron chi connectivity index (χ3n) is 3.29. The first kappa shape index (κ1) is 17.0. The SMILES string of the molecule is COc1cccc(C(O)CN(C)S(=O)(=O)c2ccc(C)s2)c1. The fraction of sp³-hybridized carbons (Fsp3) is 0.333. The molecular weight excluding hydrogens is 322 g/mol. The molecular formula is C15H19NO4S2. The molecule has 0 fully saturated rings. The molecule has 2 rings (SSSR count). The topological polar surface area (TPSA) is 66.8 Å². The van der Waals surface area contributed by atoms with Gasteiger partial charge >= 0.3 is 0 Å². The van der Waals surface area contributed by atoms with Gasteiger partial charge < -0.3 is 9.84 Å². The van der Waals surface area contributed by atoms with Crippen LogP contribution in [-0.2, 0) is 10.0 Å². The summed E-state index contributed by atoms with van der Waals surface area (Å²) < 4.78 is 31.4. The van der Waals surface area contributed by atoms with Crippen LogP contribution < -0.4 is 4.74 Å². The first-order valence-electron chi connectivity index (χ1n) is 6.69. The van der Waals surface area contributed by atoms with E-state index in [4.69, 9.17) is 4.74 Å². The summed E-state index contributed by atoms with van der Waals surface area (Å²) in [7, 11) is -0.567. The van der Waals surface area contributed by atoms with E-state index >= 15 is 0 Å². The fourth-order valence-electron chi connectivity index (χ4n) is 2.00. The first-order valence-corrected chi connectivity index (χ1v) is 8.95. The van der Waals surface area contributed by atoms with Gasteiger partial charge in [0.2, 0.25) is 0 Å². The van der Waals surface area contributed by atoms with Crippen LogP contribution in [0.5, 0.6) is 5.75 Å². The van der Waals surface area contributed by atoms with Crippen LogP contribution in [0.4, 0.5) is 0 Å². The largest absolute Gasteiger partial charge is 0.497 e. The number of rotatable bonds is 6. The van der Waals surface area contributed by atoms with Crippen LogP contribution in [0, 0.1) is 6.92 Å². The summed E-state index contributed by atoms with van der Waals surface area (Å²) in [5.74, 6) is 0.621. The first-order chi connectivity index (χ1) is 10.3. The van der Waals surface area contributed by atoms with Crippen molar-refractivity contribution in [2.24, 2.45) is 0 Å². The van der Waals surface area contributed by atoms with Gasteiger partial charge in [0.25, 0.3) is 10.0 Å². The van der Waals surface area contributed by atoms with Crippen molar-refractivity contribution >= 4 is 21.4 Å². The van der Waals surface area contributed by atoms with Crippen molar-refractivity contribution in [1.82, 2.24) is 4.31 Å². The minimum atomic E-state index is -3.58. The van der Waals surface area contributed by atoms with E-state index in [1.165, 1.54) is 22.7 Å². The molecule has 0 radical (unpaired) electrons.